The highest BCUT2D eigenvalue weighted by Crippen LogP contribution is 2.20. The van der Waals surface area contributed by atoms with Crippen molar-refractivity contribution in [2.24, 2.45) is 5.92 Å². The van der Waals surface area contributed by atoms with Crippen LogP contribution in [0.5, 0.6) is 0 Å². The number of anilines is 2. The number of halogens is 1. The van der Waals surface area contributed by atoms with E-state index in [-0.39, 0.29) is 5.82 Å². The van der Waals surface area contributed by atoms with Crippen molar-refractivity contribution in [2.45, 2.75) is 13.3 Å². The molecule has 1 aromatic carbocycles. The molecule has 0 radical (unpaired) electrons. The molecule has 1 aromatic rings. The van der Waals surface area contributed by atoms with E-state index < -0.39 is 0 Å². The van der Waals surface area contributed by atoms with Crippen molar-refractivity contribution in [3.8, 4) is 0 Å². The minimum atomic E-state index is -0.268. The summed E-state index contributed by atoms with van der Waals surface area (Å²) in [4.78, 5) is 2.42. The van der Waals surface area contributed by atoms with Gasteiger partial charge in [-0.3, -0.25) is 0 Å². The Labute approximate surface area is 102 Å². The fourth-order valence-corrected chi connectivity index (χ4v) is 2.30. The Balaban J connectivity index is 1.86. The molecule has 17 heavy (non-hydrogen) atoms. The molecule has 1 aliphatic rings. The van der Waals surface area contributed by atoms with Crippen LogP contribution in [0.1, 0.15) is 13.3 Å². The van der Waals surface area contributed by atoms with E-state index in [0.717, 1.165) is 26.2 Å². The highest BCUT2D eigenvalue weighted by atomic mass is 19.1. The van der Waals surface area contributed by atoms with Crippen LogP contribution in [-0.4, -0.2) is 31.1 Å². The highest BCUT2D eigenvalue weighted by molar-refractivity contribution is 5.52. The van der Waals surface area contributed by atoms with Gasteiger partial charge in [0.15, 0.2) is 0 Å². The van der Waals surface area contributed by atoms with Crippen LogP contribution in [0, 0.1) is 11.7 Å². The Morgan fingerprint density at radius 3 is 3.00 bits per heavy atom. The second-order valence-corrected chi connectivity index (χ2v) is 4.67. The summed E-state index contributed by atoms with van der Waals surface area (Å²) >= 11 is 0. The zero-order chi connectivity index (χ0) is 12.3. The first-order valence-corrected chi connectivity index (χ1v) is 6.20. The molecule has 1 unspecified atom stereocenters. The van der Waals surface area contributed by atoms with Gasteiger partial charge in [-0.1, -0.05) is 6.92 Å². The lowest BCUT2D eigenvalue weighted by atomic mass is 10.1. The van der Waals surface area contributed by atoms with Gasteiger partial charge in [-0.2, -0.15) is 0 Å². The van der Waals surface area contributed by atoms with Crippen LogP contribution in [0.3, 0.4) is 0 Å². The summed E-state index contributed by atoms with van der Waals surface area (Å²) in [6.45, 7) is 6.38. The first-order chi connectivity index (χ1) is 8.19. The SMILES string of the molecule is CCN1CCC(CNc2ccc(N)cc2F)C1. The van der Waals surface area contributed by atoms with Crippen molar-refractivity contribution in [1.82, 2.24) is 4.90 Å². The third-order valence-corrected chi connectivity index (χ3v) is 3.39. The summed E-state index contributed by atoms with van der Waals surface area (Å²) in [6.07, 6.45) is 1.19. The Bertz CT molecular complexity index is 381. The summed E-state index contributed by atoms with van der Waals surface area (Å²) < 4.78 is 13.5. The minimum Gasteiger partial charge on any atom is -0.399 e. The van der Waals surface area contributed by atoms with Gasteiger partial charge >= 0.3 is 0 Å². The Kier molecular flexibility index (Phi) is 3.84. The van der Waals surface area contributed by atoms with E-state index in [1.165, 1.54) is 12.5 Å². The van der Waals surface area contributed by atoms with Gasteiger partial charge in [0.25, 0.3) is 0 Å². The van der Waals surface area contributed by atoms with E-state index in [0.29, 0.717) is 17.3 Å². The molecule has 3 nitrogen and oxygen atoms in total. The van der Waals surface area contributed by atoms with Gasteiger partial charge in [0.2, 0.25) is 0 Å². The van der Waals surface area contributed by atoms with Crippen LogP contribution in [0.25, 0.3) is 0 Å². The summed E-state index contributed by atoms with van der Waals surface area (Å²) in [5, 5.41) is 3.17. The third kappa shape index (κ3) is 3.09. The van der Waals surface area contributed by atoms with Gasteiger partial charge in [0.05, 0.1) is 5.69 Å². The van der Waals surface area contributed by atoms with E-state index in [1.807, 2.05) is 0 Å². The minimum absolute atomic E-state index is 0.268. The number of hydrogen-bond acceptors (Lipinski definition) is 3. The maximum atomic E-state index is 13.5. The Morgan fingerprint density at radius 1 is 1.53 bits per heavy atom. The average Bonchev–Trinajstić information content (AvgIpc) is 2.76. The van der Waals surface area contributed by atoms with Crippen molar-refractivity contribution in [3.05, 3.63) is 24.0 Å². The largest absolute Gasteiger partial charge is 0.399 e. The number of nitrogens with two attached hydrogens (primary N) is 1. The van der Waals surface area contributed by atoms with E-state index in [9.17, 15) is 4.39 Å². The molecule has 2 rings (SSSR count). The molecule has 1 saturated heterocycles. The molecule has 0 aliphatic carbocycles. The molecular weight excluding hydrogens is 217 g/mol. The van der Waals surface area contributed by atoms with Crippen LogP contribution in [0.15, 0.2) is 18.2 Å². The number of nitrogens with one attached hydrogen (secondary N) is 1. The van der Waals surface area contributed by atoms with Crippen molar-refractivity contribution in [3.63, 3.8) is 0 Å². The lowest BCUT2D eigenvalue weighted by Gasteiger charge is -2.14. The zero-order valence-electron chi connectivity index (χ0n) is 10.2. The maximum absolute atomic E-state index is 13.5. The number of benzene rings is 1. The molecule has 94 valence electrons. The molecule has 1 heterocycles. The first kappa shape index (κ1) is 12.2. The molecule has 0 aromatic heterocycles. The van der Waals surface area contributed by atoms with E-state index in [4.69, 9.17) is 5.73 Å². The molecule has 0 bridgehead atoms. The summed E-state index contributed by atoms with van der Waals surface area (Å²) in [6, 6.07) is 4.78. The second-order valence-electron chi connectivity index (χ2n) is 4.67. The molecule has 4 heteroatoms. The normalized spacial score (nSPS) is 20.7. The molecule has 0 amide bonds. The van der Waals surface area contributed by atoms with Gasteiger partial charge in [-0.05, 0) is 43.6 Å². The predicted molar refractivity (Wildman–Crippen MR) is 69.5 cm³/mol. The fraction of sp³-hybridized carbons (Fsp3) is 0.538. The Hall–Kier alpha value is -1.29. The Morgan fingerprint density at radius 2 is 2.35 bits per heavy atom. The van der Waals surface area contributed by atoms with E-state index in [2.05, 4.69) is 17.1 Å². The van der Waals surface area contributed by atoms with Gasteiger partial charge in [0, 0.05) is 18.8 Å². The summed E-state index contributed by atoms with van der Waals surface area (Å²) in [5.41, 5.74) is 6.52. The van der Waals surface area contributed by atoms with E-state index >= 15 is 0 Å². The van der Waals surface area contributed by atoms with Crippen molar-refractivity contribution in [2.75, 3.05) is 37.2 Å². The van der Waals surface area contributed by atoms with Crippen LogP contribution in [-0.2, 0) is 0 Å². The summed E-state index contributed by atoms with van der Waals surface area (Å²) in [5.74, 6) is 0.349. The van der Waals surface area contributed by atoms with Crippen LogP contribution >= 0.6 is 0 Å². The van der Waals surface area contributed by atoms with Gasteiger partial charge in [-0.15, -0.1) is 0 Å². The molecule has 0 saturated carbocycles. The van der Waals surface area contributed by atoms with Gasteiger partial charge < -0.3 is 16.0 Å². The number of likely N-dealkylation sites (tertiary alicyclic amines) is 1. The lowest BCUT2D eigenvalue weighted by Crippen LogP contribution is -2.22. The van der Waals surface area contributed by atoms with E-state index in [1.54, 1.807) is 12.1 Å². The molecule has 3 N–H and O–H groups in total. The van der Waals surface area contributed by atoms with Gasteiger partial charge in [-0.25, -0.2) is 4.39 Å². The topological polar surface area (TPSA) is 41.3 Å². The van der Waals surface area contributed by atoms with Crippen LogP contribution in [0.2, 0.25) is 0 Å². The molecule has 0 spiro atoms. The molecular formula is C13H20FN3. The number of nitrogen functional groups attached to an aromatic ring is 1. The highest BCUT2D eigenvalue weighted by Gasteiger charge is 2.20. The van der Waals surface area contributed by atoms with Crippen molar-refractivity contribution < 1.29 is 4.39 Å². The number of hydrogen-bond donors (Lipinski definition) is 2. The fourth-order valence-electron chi connectivity index (χ4n) is 2.30. The third-order valence-electron chi connectivity index (χ3n) is 3.39. The van der Waals surface area contributed by atoms with Crippen LogP contribution < -0.4 is 11.1 Å². The molecule has 1 fully saturated rings. The maximum Gasteiger partial charge on any atom is 0.148 e. The number of rotatable bonds is 4. The standard InChI is InChI=1S/C13H20FN3/c1-2-17-6-5-10(9-17)8-16-13-4-3-11(15)7-12(13)14/h3-4,7,10,16H,2,5-6,8-9,15H2,1H3. The first-order valence-electron chi connectivity index (χ1n) is 6.20. The predicted octanol–water partition coefficient (Wildman–Crippen LogP) is 2.16. The zero-order valence-corrected chi connectivity index (χ0v) is 10.2. The number of nitrogens with zero attached hydrogens (tertiary/aromatic N) is 1. The summed E-state index contributed by atoms with van der Waals surface area (Å²) in [7, 11) is 0. The van der Waals surface area contributed by atoms with Crippen molar-refractivity contribution >= 4 is 11.4 Å². The lowest BCUT2D eigenvalue weighted by molar-refractivity contribution is 0.345. The quantitative estimate of drug-likeness (QED) is 0.788. The molecule has 1 atom stereocenters. The second kappa shape index (κ2) is 5.36. The van der Waals surface area contributed by atoms with Gasteiger partial charge in [0.1, 0.15) is 5.82 Å². The average molecular weight is 237 g/mol. The van der Waals surface area contributed by atoms with Crippen LogP contribution in [0.4, 0.5) is 15.8 Å². The van der Waals surface area contributed by atoms with Crippen molar-refractivity contribution in [1.29, 1.82) is 0 Å². The molecule has 1 aliphatic heterocycles. The smallest absolute Gasteiger partial charge is 0.148 e. The monoisotopic (exact) mass is 237 g/mol.